The third kappa shape index (κ3) is 4.84. The number of nitrogens with zero attached hydrogens (tertiary/aromatic N) is 5. The molecule has 200 valence electrons. The normalized spacial score (nSPS) is 18.0. The van der Waals surface area contributed by atoms with Gasteiger partial charge in [0.2, 0.25) is 0 Å². The lowest BCUT2D eigenvalue weighted by Gasteiger charge is -2.28. The molecule has 1 amide bonds. The van der Waals surface area contributed by atoms with E-state index in [0.29, 0.717) is 29.1 Å². The van der Waals surface area contributed by atoms with E-state index < -0.39 is 5.60 Å². The number of likely N-dealkylation sites (tertiary alicyclic amines) is 1. The zero-order valence-electron chi connectivity index (χ0n) is 22.4. The van der Waals surface area contributed by atoms with Crippen LogP contribution in [0.3, 0.4) is 0 Å². The molecule has 2 N–H and O–H groups in total. The van der Waals surface area contributed by atoms with Crippen LogP contribution in [0.5, 0.6) is 0 Å². The van der Waals surface area contributed by atoms with E-state index in [-0.39, 0.29) is 29.8 Å². The number of Topliss-reactive ketones (excluding diaryl/α,β-unsaturated/α-hetero) is 1. The van der Waals surface area contributed by atoms with Crippen molar-refractivity contribution in [3.63, 3.8) is 0 Å². The highest BCUT2D eigenvalue weighted by molar-refractivity contribution is 5.98. The topological polar surface area (TPSA) is 116 Å². The molecule has 9 heteroatoms. The molecule has 6 rings (SSSR count). The second-order valence-corrected chi connectivity index (χ2v) is 11.7. The molecule has 1 aliphatic heterocycles. The Bertz CT molecular complexity index is 1550. The number of fused-ring (bicyclic) bond motifs is 1. The van der Waals surface area contributed by atoms with E-state index in [1.165, 1.54) is 0 Å². The average Bonchev–Trinajstić information content (AvgIpc) is 3.37. The molecule has 1 saturated carbocycles. The summed E-state index contributed by atoms with van der Waals surface area (Å²) in [4.78, 5) is 41.6. The molecule has 0 bridgehead atoms. The number of amides is 1. The lowest BCUT2D eigenvalue weighted by atomic mass is 10.0. The Kier molecular flexibility index (Phi) is 5.89. The second kappa shape index (κ2) is 9.18. The molecular formula is C30H32N6O3. The minimum absolute atomic E-state index is 0.00879. The van der Waals surface area contributed by atoms with Gasteiger partial charge in [-0.1, -0.05) is 30.3 Å². The quantitative estimate of drug-likeness (QED) is 0.354. The van der Waals surface area contributed by atoms with Gasteiger partial charge in [-0.05, 0) is 57.6 Å². The maximum atomic E-state index is 13.3. The lowest BCUT2D eigenvalue weighted by Crippen LogP contribution is -2.37. The van der Waals surface area contributed by atoms with E-state index in [1.54, 1.807) is 24.5 Å². The summed E-state index contributed by atoms with van der Waals surface area (Å²) in [7, 11) is 0. The van der Waals surface area contributed by atoms with Crippen LogP contribution < -0.4 is 5.73 Å². The number of carbonyl (C=O) groups is 2. The molecular weight excluding hydrogens is 492 g/mol. The number of pyridine rings is 1. The average molecular weight is 525 g/mol. The van der Waals surface area contributed by atoms with E-state index in [9.17, 15) is 9.59 Å². The fourth-order valence-electron chi connectivity index (χ4n) is 5.45. The van der Waals surface area contributed by atoms with Crippen molar-refractivity contribution < 1.29 is 14.3 Å². The summed E-state index contributed by atoms with van der Waals surface area (Å²) >= 11 is 0. The number of aromatic nitrogens is 4. The van der Waals surface area contributed by atoms with Crippen molar-refractivity contribution in [3.8, 4) is 11.3 Å². The Balaban J connectivity index is 1.35. The highest BCUT2D eigenvalue weighted by Gasteiger charge is 2.55. The van der Waals surface area contributed by atoms with Gasteiger partial charge < -0.3 is 10.5 Å². The van der Waals surface area contributed by atoms with Crippen molar-refractivity contribution in [2.75, 3.05) is 12.3 Å². The summed E-state index contributed by atoms with van der Waals surface area (Å²) in [5.74, 6) is 1.08. The molecule has 1 aromatic carbocycles. The number of nitrogens with two attached hydrogens (primary N) is 1. The third-order valence-electron chi connectivity index (χ3n) is 7.55. The summed E-state index contributed by atoms with van der Waals surface area (Å²) in [6, 6.07) is 12.7. The van der Waals surface area contributed by atoms with Crippen molar-refractivity contribution >= 4 is 23.2 Å². The van der Waals surface area contributed by atoms with Gasteiger partial charge in [-0.2, -0.15) is 0 Å². The summed E-state index contributed by atoms with van der Waals surface area (Å²) in [5.41, 5.74) is 9.40. The maximum absolute atomic E-state index is 13.3. The zero-order chi connectivity index (χ0) is 27.4. The minimum atomic E-state index is -0.592. The summed E-state index contributed by atoms with van der Waals surface area (Å²) < 4.78 is 7.72. The Morgan fingerprint density at radius 1 is 1.08 bits per heavy atom. The predicted octanol–water partition coefficient (Wildman–Crippen LogP) is 5.26. The van der Waals surface area contributed by atoms with Gasteiger partial charge in [0, 0.05) is 42.0 Å². The first-order valence-corrected chi connectivity index (χ1v) is 13.3. The molecule has 0 radical (unpaired) electrons. The van der Waals surface area contributed by atoms with Gasteiger partial charge in [0.15, 0.2) is 5.78 Å². The van der Waals surface area contributed by atoms with Crippen LogP contribution >= 0.6 is 0 Å². The van der Waals surface area contributed by atoms with Crippen molar-refractivity contribution in [1.82, 2.24) is 24.3 Å². The van der Waals surface area contributed by atoms with Gasteiger partial charge in [-0.15, -0.1) is 0 Å². The third-order valence-corrected chi connectivity index (χ3v) is 7.55. The van der Waals surface area contributed by atoms with Crippen LogP contribution in [-0.4, -0.2) is 48.3 Å². The Labute approximate surface area is 227 Å². The van der Waals surface area contributed by atoms with Crippen molar-refractivity contribution in [1.29, 1.82) is 0 Å². The summed E-state index contributed by atoms with van der Waals surface area (Å²) in [5, 5.41) is 0. The highest BCUT2D eigenvalue weighted by atomic mass is 16.6. The van der Waals surface area contributed by atoms with Gasteiger partial charge >= 0.3 is 6.09 Å². The van der Waals surface area contributed by atoms with E-state index in [2.05, 4.69) is 9.97 Å². The predicted molar refractivity (Wildman–Crippen MR) is 147 cm³/mol. The number of imidazole rings is 1. The SMILES string of the molecule is CC(C)(C)OC(=O)N1CC2(CC2)CC1c1nc(-c2ccc(C(=O)Cc3ccccn3)cc2)c2c(N)nccn12. The first kappa shape index (κ1) is 25.0. The van der Waals surface area contributed by atoms with Gasteiger partial charge in [0.1, 0.15) is 28.5 Å². The summed E-state index contributed by atoms with van der Waals surface area (Å²) in [6.07, 6.45) is 8.10. The molecule has 4 heterocycles. The van der Waals surface area contributed by atoms with Crippen molar-refractivity contribution in [2.45, 2.75) is 58.1 Å². The molecule has 1 spiro atoms. The first-order chi connectivity index (χ1) is 18.6. The molecule has 3 aromatic heterocycles. The number of carbonyl (C=O) groups excluding carboxylic acids is 2. The fraction of sp³-hybridized carbons (Fsp3) is 0.367. The maximum Gasteiger partial charge on any atom is 0.410 e. The van der Waals surface area contributed by atoms with Crippen LogP contribution in [0.25, 0.3) is 16.8 Å². The van der Waals surface area contributed by atoms with E-state index >= 15 is 0 Å². The van der Waals surface area contributed by atoms with Crippen molar-refractivity contribution in [2.24, 2.45) is 5.41 Å². The molecule has 2 fully saturated rings. The molecule has 2 aliphatic rings. The van der Waals surface area contributed by atoms with Crippen LogP contribution in [0.1, 0.15) is 68.0 Å². The second-order valence-electron chi connectivity index (χ2n) is 11.7. The van der Waals surface area contributed by atoms with Gasteiger partial charge in [0.05, 0.1) is 12.5 Å². The largest absolute Gasteiger partial charge is 0.444 e. The highest BCUT2D eigenvalue weighted by Crippen LogP contribution is 2.58. The number of ketones is 1. The monoisotopic (exact) mass is 524 g/mol. The number of anilines is 1. The Morgan fingerprint density at radius 3 is 2.51 bits per heavy atom. The fourth-order valence-corrected chi connectivity index (χ4v) is 5.45. The van der Waals surface area contributed by atoms with Crippen LogP contribution in [0.2, 0.25) is 0 Å². The van der Waals surface area contributed by atoms with Crippen LogP contribution in [-0.2, 0) is 11.2 Å². The summed E-state index contributed by atoms with van der Waals surface area (Å²) in [6.45, 7) is 6.29. The smallest absolute Gasteiger partial charge is 0.410 e. The van der Waals surface area contributed by atoms with Gasteiger partial charge in [-0.25, -0.2) is 14.8 Å². The van der Waals surface area contributed by atoms with Crippen LogP contribution in [0.4, 0.5) is 10.6 Å². The number of hydrogen-bond donors (Lipinski definition) is 1. The molecule has 1 saturated heterocycles. The van der Waals surface area contributed by atoms with Gasteiger partial charge in [-0.3, -0.25) is 19.1 Å². The molecule has 1 atom stereocenters. The molecule has 4 aromatic rings. The lowest BCUT2D eigenvalue weighted by molar-refractivity contribution is 0.0211. The Hall–Kier alpha value is -4.27. The number of hydrogen-bond acceptors (Lipinski definition) is 7. The minimum Gasteiger partial charge on any atom is -0.444 e. The molecule has 9 nitrogen and oxygen atoms in total. The van der Waals surface area contributed by atoms with Crippen LogP contribution in [0, 0.1) is 5.41 Å². The number of benzene rings is 1. The molecule has 39 heavy (non-hydrogen) atoms. The Morgan fingerprint density at radius 2 is 1.85 bits per heavy atom. The number of rotatable bonds is 5. The number of nitrogen functional groups attached to an aromatic ring is 1. The molecule has 1 aliphatic carbocycles. The van der Waals surface area contributed by atoms with E-state index in [4.69, 9.17) is 15.5 Å². The standard InChI is InChI=1S/C30H32N6O3/c1-29(2,3)39-28(38)36-18-30(11-12-30)17-22(36)27-34-24(25-26(31)33-14-15-35(25)27)20-9-7-19(8-10-20)23(37)16-21-6-4-5-13-32-21/h4-10,13-15,22H,11-12,16-18H2,1-3H3,(H2,31,33). The molecule has 1 unspecified atom stereocenters. The first-order valence-electron chi connectivity index (χ1n) is 13.3. The van der Waals surface area contributed by atoms with E-state index in [1.807, 2.05) is 66.6 Å². The number of ether oxygens (including phenoxy) is 1. The van der Waals surface area contributed by atoms with Crippen molar-refractivity contribution in [3.05, 3.63) is 78.1 Å². The zero-order valence-corrected chi connectivity index (χ0v) is 22.4. The van der Waals surface area contributed by atoms with E-state index in [0.717, 1.165) is 36.3 Å². The van der Waals surface area contributed by atoms with Crippen LogP contribution in [0.15, 0.2) is 61.1 Å². The van der Waals surface area contributed by atoms with Gasteiger partial charge in [0.25, 0.3) is 0 Å².